The van der Waals surface area contributed by atoms with Gasteiger partial charge in [0.15, 0.2) is 0 Å². The molecule has 2 aromatic carbocycles. The fourth-order valence-electron chi connectivity index (χ4n) is 6.60. The Balaban J connectivity index is 1.18. The Bertz CT molecular complexity index is 981. The number of benzene rings is 2. The van der Waals surface area contributed by atoms with E-state index in [0.717, 1.165) is 23.3 Å². The lowest BCUT2D eigenvalue weighted by Crippen LogP contribution is -2.13. The summed E-state index contributed by atoms with van der Waals surface area (Å²) in [6.07, 6.45) is 24.7. The Morgan fingerprint density at radius 3 is 1.89 bits per heavy atom. The fourth-order valence-corrected chi connectivity index (χ4v) is 6.60. The van der Waals surface area contributed by atoms with Crippen molar-refractivity contribution < 1.29 is 0 Å². The third kappa shape index (κ3) is 8.92. The highest BCUT2D eigenvalue weighted by molar-refractivity contribution is 5.39. The van der Waals surface area contributed by atoms with Gasteiger partial charge in [-0.15, -0.1) is 0 Å². The Morgan fingerprint density at radius 1 is 0.676 bits per heavy atom. The van der Waals surface area contributed by atoms with Gasteiger partial charge >= 0.3 is 0 Å². The largest absolute Gasteiger partial charge is 0.0730 e. The first-order valence-electron chi connectivity index (χ1n) is 15.6. The molecule has 0 unspecified atom stereocenters. The van der Waals surface area contributed by atoms with Gasteiger partial charge in [0.1, 0.15) is 0 Å². The minimum Gasteiger partial charge on any atom is -0.0730 e. The van der Waals surface area contributed by atoms with E-state index in [0.29, 0.717) is 5.92 Å². The molecule has 0 atom stereocenters. The number of aryl methyl sites for hydroxylation is 1. The molecule has 37 heavy (non-hydrogen) atoms. The summed E-state index contributed by atoms with van der Waals surface area (Å²) in [6, 6.07) is 18.7. The number of hydrogen-bond donors (Lipinski definition) is 0. The molecule has 0 N–H and O–H groups in total. The van der Waals surface area contributed by atoms with Crippen molar-refractivity contribution in [3.63, 3.8) is 0 Å². The van der Waals surface area contributed by atoms with Crippen molar-refractivity contribution in [3.05, 3.63) is 82.9 Å². The molecule has 198 valence electrons. The molecule has 0 heteroatoms. The minimum absolute atomic E-state index is 0.689. The van der Waals surface area contributed by atoms with Crippen LogP contribution in [-0.4, -0.2) is 0 Å². The zero-order valence-electron chi connectivity index (χ0n) is 23.7. The third-order valence-electron chi connectivity index (χ3n) is 9.15. The molecule has 2 fully saturated rings. The van der Waals surface area contributed by atoms with Gasteiger partial charge in [-0.1, -0.05) is 100 Å². The topological polar surface area (TPSA) is 0 Å². The van der Waals surface area contributed by atoms with Crippen molar-refractivity contribution >= 4 is 0 Å². The zero-order valence-corrected chi connectivity index (χ0v) is 23.7. The molecule has 0 aliphatic heterocycles. The van der Waals surface area contributed by atoms with Crippen LogP contribution in [0.3, 0.4) is 0 Å². The van der Waals surface area contributed by atoms with Crippen molar-refractivity contribution in [3.8, 4) is 11.8 Å². The smallest absolute Gasteiger partial charge is 0.0249 e. The normalized spacial score (nSPS) is 24.1. The molecule has 2 aliphatic rings. The van der Waals surface area contributed by atoms with Crippen molar-refractivity contribution in [1.29, 1.82) is 0 Å². The molecule has 0 spiro atoms. The van der Waals surface area contributed by atoms with E-state index in [1.54, 1.807) is 5.56 Å². The molecule has 0 aromatic heterocycles. The summed E-state index contributed by atoms with van der Waals surface area (Å²) in [5.41, 5.74) is 5.72. The average Bonchev–Trinajstić information content (AvgIpc) is 2.96. The van der Waals surface area contributed by atoms with E-state index >= 15 is 0 Å². The van der Waals surface area contributed by atoms with Crippen LogP contribution in [0, 0.1) is 23.7 Å². The second-order valence-electron chi connectivity index (χ2n) is 11.9. The summed E-state index contributed by atoms with van der Waals surface area (Å²) in [4.78, 5) is 0. The van der Waals surface area contributed by atoms with Crippen LogP contribution in [-0.2, 0) is 6.42 Å². The number of allylic oxidation sites excluding steroid dienone is 2. The van der Waals surface area contributed by atoms with Gasteiger partial charge in [-0.2, -0.15) is 0 Å². The summed E-state index contributed by atoms with van der Waals surface area (Å²) in [7, 11) is 0. The van der Waals surface area contributed by atoms with E-state index in [9.17, 15) is 0 Å². The van der Waals surface area contributed by atoms with E-state index in [4.69, 9.17) is 0 Å². The van der Waals surface area contributed by atoms with Crippen molar-refractivity contribution in [1.82, 2.24) is 0 Å². The quantitative estimate of drug-likeness (QED) is 0.227. The molecule has 2 aliphatic carbocycles. The standard InChI is InChI=1S/C37H50/c1-3-5-7-11-31-16-24-35(25-17-31)37-28-20-33(21-29-37)13-9-8-12-32-18-26-36(27-19-32)34-22-14-30(15-23-34)10-6-4-2/h8,12,14-15,20-23,28-29,31-32,35-36H,3-7,10-11,16-19,24-27H2,1-2H3/b12-8+. The summed E-state index contributed by atoms with van der Waals surface area (Å²) < 4.78 is 0. The molecule has 0 bridgehead atoms. The van der Waals surface area contributed by atoms with Crippen LogP contribution in [0.15, 0.2) is 60.7 Å². The molecule has 2 aromatic rings. The van der Waals surface area contributed by atoms with E-state index in [1.807, 2.05) is 0 Å². The van der Waals surface area contributed by atoms with Gasteiger partial charge in [0.25, 0.3) is 0 Å². The first kappa shape index (κ1) is 27.8. The van der Waals surface area contributed by atoms with Gasteiger partial charge in [0.2, 0.25) is 0 Å². The van der Waals surface area contributed by atoms with Gasteiger partial charge in [-0.25, -0.2) is 0 Å². The lowest BCUT2D eigenvalue weighted by atomic mass is 9.77. The molecule has 0 saturated heterocycles. The Hall–Kier alpha value is -2.26. The van der Waals surface area contributed by atoms with Crippen molar-refractivity contribution in [2.45, 2.75) is 122 Å². The van der Waals surface area contributed by atoms with E-state index in [1.165, 1.54) is 107 Å². The second kappa shape index (κ2) is 15.2. The van der Waals surface area contributed by atoms with Crippen LogP contribution < -0.4 is 0 Å². The minimum atomic E-state index is 0.689. The van der Waals surface area contributed by atoms with Gasteiger partial charge < -0.3 is 0 Å². The first-order valence-corrected chi connectivity index (χ1v) is 15.6. The van der Waals surface area contributed by atoms with Gasteiger partial charge in [0, 0.05) is 5.56 Å². The summed E-state index contributed by atoms with van der Waals surface area (Å²) >= 11 is 0. The van der Waals surface area contributed by atoms with Gasteiger partial charge in [-0.05, 0) is 123 Å². The van der Waals surface area contributed by atoms with Crippen LogP contribution >= 0.6 is 0 Å². The molecule has 2 saturated carbocycles. The monoisotopic (exact) mass is 494 g/mol. The summed E-state index contributed by atoms with van der Waals surface area (Å²) in [5.74, 6) is 9.86. The van der Waals surface area contributed by atoms with E-state index in [-0.39, 0.29) is 0 Å². The molecule has 0 nitrogen and oxygen atoms in total. The molecule has 4 rings (SSSR count). The maximum Gasteiger partial charge on any atom is 0.0249 e. The second-order valence-corrected chi connectivity index (χ2v) is 11.9. The van der Waals surface area contributed by atoms with Crippen molar-refractivity contribution in [2.24, 2.45) is 11.8 Å². The molecular formula is C37H50. The Morgan fingerprint density at radius 2 is 1.27 bits per heavy atom. The average molecular weight is 495 g/mol. The van der Waals surface area contributed by atoms with Gasteiger partial charge in [-0.3, -0.25) is 0 Å². The van der Waals surface area contributed by atoms with Gasteiger partial charge in [0.05, 0.1) is 0 Å². The molecular weight excluding hydrogens is 444 g/mol. The summed E-state index contributed by atoms with van der Waals surface area (Å²) in [5, 5.41) is 0. The maximum atomic E-state index is 3.37. The molecule has 0 amide bonds. The molecule has 0 heterocycles. The van der Waals surface area contributed by atoms with Crippen LogP contribution in [0.5, 0.6) is 0 Å². The summed E-state index contributed by atoms with van der Waals surface area (Å²) in [6.45, 7) is 4.58. The predicted molar refractivity (Wildman–Crippen MR) is 161 cm³/mol. The lowest BCUT2D eigenvalue weighted by Gasteiger charge is -2.29. The maximum absolute atomic E-state index is 3.37. The van der Waals surface area contributed by atoms with Crippen LogP contribution in [0.2, 0.25) is 0 Å². The first-order chi connectivity index (χ1) is 18.2. The van der Waals surface area contributed by atoms with Crippen LogP contribution in [0.25, 0.3) is 0 Å². The van der Waals surface area contributed by atoms with Crippen molar-refractivity contribution in [2.75, 3.05) is 0 Å². The number of rotatable bonds is 10. The lowest BCUT2D eigenvalue weighted by molar-refractivity contribution is 0.303. The van der Waals surface area contributed by atoms with E-state index in [2.05, 4.69) is 86.4 Å². The number of hydrogen-bond acceptors (Lipinski definition) is 0. The SMILES string of the molecule is CCCCCC1CCC(c2ccc(C#C/C=C/C3CCC(c4ccc(CCCC)cc4)CC3)cc2)CC1. The Labute approximate surface area is 228 Å². The highest BCUT2D eigenvalue weighted by Crippen LogP contribution is 2.38. The zero-order chi connectivity index (χ0) is 25.7. The Kier molecular flexibility index (Phi) is 11.4. The third-order valence-corrected chi connectivity index (χ3v) is 9.15. The predicted octanol–water partition coefficient (Wildman–Crippen LogP) is 10.8. The van der Waals surface area contributed by atoms with E-state index < -0.39 is 0 Å². The van der Waals surface area contributed by atoms with Crippen LogP contribution in [0.4, 0.5) is 0 Å². The fraction of sp³-hybridized carbons (Fsp3) is 0.568. The molecule has 0 radical (unpaired) electrons. The highest BCUT2D eigenvalue weighted by atomic mass is 14.3. The van der Waals surface area contributed by atoms with Crippen LogP contribution in [0.1, 0.15) is 138 Å². The number of unbranched alkanes of at least 4 members (excludes halogenated alkanes) is 3. The highest BCUT2D eigenvalue weighted by Gasteiger charge is 2.22.